The Morgan fingerprint density at radius 2 is 1.84 bits per heavy atom. The van der Waals surface area contributed by atoms with Crippen LogP contribution >= 0.6 is 11.3 Å². The van der Waals surface area contributed by atoms with Crippen LogP contribution in [-0.4, -0.2) is 36.3 Å². The van der Waals surface area contributed by atoms with Gasteiger partial charge in [0.25, 0.3) is 0 Å². The second kappa shape index (κ2) is 8.78. The van der Waals surface area contributed by atoms with Gasteiger partial charge >= 0.3 is 6.18 Å². The number of aromatic nitrogens is 1. The highest BCUT2D eigenvalue weighted by Gasteiger charge is 2.31. The van der Waals surface area contributed by atoms with Crippen molar-refractivity contribution in [2.24, 2.45) is 0 Å². The Hall–Kier alpha value is -2.75. The molecule has 0 fully saturated rings. The first-order valence-corrected chi connectivity index (χ1v) is 10.6. The van der Waals surface area contributed by atoms with Crippen LogP contribution < -0.4 is 16.1 Å². The third-order valence-electron chi connectivity index (χ3n) is 4.95. The van der Waals surface area contributed by atoms with Gasteiger partial charge in [-0.3, -0.25) is 4.79 Å². The monoisotopic (exact) mass is 447 g/mol. The zero-order chi connectivity index (χ0) is 22.0. The van der Waals surface area contributed by atoms with Crippen LogP contribution in [0.1, 0.15) is 12.0 Å². The average molecular weight is 447 g/mol. The molecule has 4 rings (SSSR count). The molecule has 9 heteroatoms. The van der Waals surface area contributed by atoms with Crippen molar-refractivity contribution in [2.75, 3.05) is 31.6 Å². The van der Waals surface area contributed by atoms with Gasteiger partial charge in [0.15, 0.2) is 5.43 Å². The van der Waals surface area contributed by atoms with Gasteiger partial charge in [-0.25, -0.2) is 4.98 Å². The highest BCUT2D eigenvalue weighted by atomic mass is 32.1. The van der Waals surface area contributed by atoms with Crippen LogP contribution in [0.15, 0.2) is 47.3 Å². The molecule has 0 amide bonds. The fourth-order valence-corrected chi connectivity index (χ4v) is 4.62. The Morgan fingerprint density at radius 3 is 2.61 bits per heavy atom. The highest BCUT2D eigenvalue weighted by molar-refractivity contribution is 7.25. The van der Waals surface area contributed by atoms with Gasteiger partial charge in [-0.15, -0.1) is 11.3 Å². The molecular weight excluding hydrogens is 427 g/mol. The van der Waals surface area contributed by atoms with E-state index in [2.05, 4.69) is 15.6 Å². The second-order valence-electron chi connectivity index (χ2n) is 7.08. The van der Waals surface area contributed by atoms with E-state index < -0.39 is 17.2 Å². The molecule has 31 heavy (non-hydrogen) atoms. The van der Waals surface area contributed by atoms with Crippen LogP contribution in [0.5, 0.6) is 0 Å². The number of nitrogens with zero attached hydrogens (tertiary/aromatic N) is 1. The van der Waals surface area contributed by atoms with Gasteiger partial charge in [0.1, 0.15) is 5.82 Å². The van der Waals surface area contributed by atoms with Crippen molar-refractivity contribution >= 4 is 48.2 Å². The maximum Gasteiger partial charge on any atom is 0.416 e. The van der Waals surface area contributed by atoms with Crippen molar-refractivity contribution in [2.45, 2.75) is 12.6 Å². The van der Waals surface area contributed by atoms with Crippen LogP contribution in [0.4, 0.5) is 19.0 Å². The molecule has 0 saturated heterocycles. The van der Waals surface area contributed by atoms with E-state index >= 15 is 0 Å². The van der Waals surface area contributed by atoms with Crippen LogP contribution in [0.25, 0.3) is 31.1 Å². The first kappa shape index (κ1) is 21.5. The molecule has 0 aliphatic carbocycles. The van der Waals surface area contributed by atoms with Crippen molar-refractivity contribution < 1.29 is 18.3 Å². The van der Waals surface area contributed by atoms with E-state index in [1.807, 2.05) is 0 Å². The Kier molecular flexibility index (Phi) is 6.08. The maximum absolute atomic E-state index is 13.3. The molecule has 0 bridgehead atoms. The molecule has 0 radical (unpaired) electrons. The van der Waals surface area contributed by atoms with E-state index in [1.165, 1.54) is 17.4 Å². The van der Waals surface area contributed by atoms with Crippen molar-refractivity contribution in [3.63, 3.8) is 0 Å². The average Bonchev–Trinajstić information content (AvgIpc) is 2.75. The number of aliphatic hydroxyl groups is 1. The van der Waals surface area contributed by atoms with Crippen LogP contribution in [0.2, 0.25) is 0 Å². The largest absolute Gasteiger partial charge is 0.416 e. The lowest BCUT2D eigenvalue weighted by Crippen LogP contribution is -2.21. The number of para-hydroxylation sites is 1. The molecule has 5 nitrogen and oxygen atoms in total. The lowest BCUT2D eigenvalue weighted by Gasteiger charge is -2.13. The summed E-state index contributed by atoms with van der Waals surface area (Å²) in [7, 11) is 0. The van der Waals surface area contributed by atoms with Crippen LogP contribution in [0.3, 0.4) is 0 Å². The number of hydrogen-bond acceptors (Lipinski definition) is 6. The summed E-state index contributed by atoms with van der Waals surface area (Å²) in [4.78, 5) is 18.0. The topological polar surface area (TPSA) is 74.2 Å². The summed E-state index contributed by atoms with van der Waals surface area (Å²) in [5.41, 5.74) is -0.664. The molecule has 0 saturated carbocycles. The summed E-state index contributed by atoms with van der Waals surface area (Å²) in [6.07, 6.45) is -3.75. The van der Waals surface area contributed by atoms with Gasteiger partial charge in [0, 0.05) is 28.6 Å². The molecule has 0 unspecified atom stereocenters. The molecule has 4 aromatic rings. The first-order valence-electron chi connectivity index (χ1n) is 9.82. The second-order valence-corrected chi connectivity index (χ2v) is 8.13. The lowest BCUT2D eigenvalue weighted by molar-refractivity contribution is -0.137. The van der Waals surface area contributed by atoms with E-state index in [0.717, 1.165) is 18.6 Å². The third kappa shape index (κ3) is 4.34. The van der Waals surface area contributed by atoms with Gasteiger partial charge in [-0.05, 0) is 37.2 Å². The van der Waals surface area contributed by atoms with Gasteiger partial charge in [0.2, 0.25) is 0 Å². The van der Waals surface area contributed by atoms with Crippen molar-refractivity contribution in [3.8, 4) is 0 Å². The number of hydrogen-bond donors (Lipinski definition) is 3. The van der Waals surface area contributed by atoms with Gasteiger partial charge in [-0.1, -0.05) is 18.2 Å². The number of alkyl halides is 3. The molecule has 0 aliphatic heterocycles. The van der Waals surface area contributed by atoms with Crippen LogP contribution in [-0.2, 0) is 6.18 Å². The van der Waals surface area contributed by atoms with Crippen molar-refractivity contribution in [3.05, 3.63) is 58.3 Å². The normalized spacial score (nSPS) is 12.1. The number of fused-ring (bicyclic) bond motifs is 4. The summed E-state index contributed by atoms with van der Waals surface area (Å²) >= 11 is 1.26. The van der Waals surface area contributed by atoms with E-state index in [-0.39, 0.29) is 12.0 Å². The molecule has 2 heterocycles. The molecule has 2 aromatic carbocycles. The standard InChI is InChI=1S/C22H20F3N3O2S/c23-22(24,25)13-6-7-17-15(12-13)19(30)18-14-4-1-2-5-16(14)28-21(20(18)31-17)27-9-3-8-26-10-11-29/h1-2,4-7,12,26,29H,3,8-11H2,(H,27,28). The predicted molar refractivity (Wildman–Crippen MR) is 119 cm³/mol. The minimum Gasteiger partial charge on any atom is -0.395 e. The number of aliphatic hydroxyl groups excluding tert-OH is 1. The predicted octanol–water partition coefficient (Wildman–Crippen LogP) is 4.37. The van der Waals surface area contributed by atoms with E-state index in [1.54, 1.807) is 24.3 Å². The Balaban J connectivity index is 1.85. The highest BCUT2D eigenvalue weighted by Crippen LogP contribution is 2.36. The number of pyridine rings is 1. The number of rotatable bonds is 7. The minimum atomic E-state index is -4.52. The summed E-state index contributed by atoms with van der Waals surface area (Å²) in [6, 6.07) is 10.4. The molecule has 162 valence electrons. The molecular formula is C22H20F3N3O2S. The Morgan fingerprint density at radius 1 is 1.03 bits per heavy atom. The van der Waals surface area contributed by atoms with Gasteiger partial charge in [0.05, 0.1) is 27.8 Å². The van der Waals surface area contributed by atoms with Crippen molar-refractivity contribution in [1.82, 2.24) is 10.3 Å². The van der Waals surface area contributed by atoms with Gasteiger partial charge < -0.3 is 15.7 Å². The zero-order valence-electron chi connectivity index (χ0n) is 16.4. The summed E-state index contributed by atoms with van der Waals surface area (Å²) < 4.78 is 40.7. The fraction of sp³-hybridized carbons (Fsp3) is 0.273. The number of nitrogens with one attached hydrogen (secondary N) is 2. The minimum absolute atomic E-state index is 0.0582. The van der Waals surface area contributed by atoms with E-state index in [0.29, 0.717) is 51.1 Å². The van der Waals surface area contributed by atoms with E-state index in [4.69, 9.17) is 5.11 Å². The lowest BCUT2D eigenvalue weighted by atomic mass is 10.1. The summed E-state index contributed by atoms with van der Waals surface area (Å²) in [5, 5.41) is 16.2. The molecule has 2 aromatic heterocycles. The quantitative estimate of drug-likeness (QED) is 0.223. The zero-order valence-corrected chi connectivity index (χ0v) is 17.2. The van der Waals surface area contributed by atoms with Crippen molar-refractivity contribution in [1.29, 1.82) is 0 Å². The smallest absolute Gasteiger partial charge is 0.395 e. The fourth-order valence-electron chi connectivity index (χ4n) is 3.48. The maximum atomic E-state index is 13.3. The number of anilines is 1. The number of benzene rings is 2. The first-order chi connectivity index (χ1) is 14.9. The number of halogens is 3. The summed E-state index contributed by atoms with van der Waals surface area (Å²) in [5.74, 6) is 0.541. The Bertz CT molecular complexity index is 1300. The van der Waals surface area contributed by atoms with E-state index in [9.17, 15) is 18.0 Å². The summed E-state index contributed by atoms with van der Waals surface area (Å²) in [6.45, 7) is 1.88. The SMILES string of the molecule is O=c1c2cc(C(F)(F)F)ccc2sc2c(NCCCNCCO)nc3ccccc3c12. The molecule has 0 spiro atoms. The molecule has 0 aliphatic rings. The molecule has 0 atom stereocenters. The van der Waals surface area contributed by atoms with Gasteiger partial charge in [-0.2, -0.15) is 13.2 Å². The Labute approximate surface area is 179 Å². The van der Waals surface area contributed by atoms with Crippen LogP contribution in [0, 0.1) is 0 Å². The molecule has 3 N–H and O–H groups in total. The third-order valence-corrected chi connectivity index (χ3v) is 6.13.